The van der Waals surface area contributed by atoms with Crippen molar-refractivity contribution in [1.82, 2.24) is 36.6 Å². The van der Waals surface area contributed by atoms with Gasteiger partial charge in [0.05, 0.1) is 19.5 Å². The minimum Gasteiger partial charge on any atom is -0.394 e. The number of H-pyrrole nitrogens is 1. The number of imidazole rings is 1. The molecule has 1 aliphatic heterocycles. The third-order valence-electron chi connectivity index (χ3n) is 5.24. The molecule has 34 heavy (non-hydrogen) atoms. The Morgan fingerprint density at radius 3 is 1.82 bits per heavy atom. The number of aromatic nitrogens is 2. The first-order chi connectivity index (χ1) is 16.1. The number of hydrogen-bond donors (Lipinski definition) is 8. The normalized spacial score (nSPS) is 27.6. The number of hydrogen-bond acceptors (Lipinski definition) is 8. The van der Waals surface area contributed by atoms with E-state index in [1.165, 1.54) is 19.4 Å². The average molecular weight is 482 g/mol. The highest BCUT2D eigenvalue weighted by Crippen LogP contribution is 2.05. The van der Waals surface area contributed by atoms with Crippen LogP contribution >= 0.6 is 0 Å². The molecular weight excluding hydrogens is 450 g/mol. The average Bonchev–Trinajstić information content (AvgIpc) is 3.30. The van der Waals surface area contributed by atoms with E-state index in [0.717, 1.165) is 0 Å². The summed E-state index contributed by atoms with van der Waals surface area (Å²) in [5.41, 5.74) is 0.509. The van der Waals surface area contributed by atoms with Gasteiger partial charge in [0.1, 0.15) is 30.2 Å². The fourth-order valence-electron chi connectivity index (χ4n) is 3.21. The standard InChI is InChI=1S/C20H31N7O7/c1-9(2)15-20(34)26-14(7-29)19(33)25-13(6-28)18(32)24-12(4-11-5-21-8-22-11)17(31)23-10(3)16(30)27-15/h5,8-10,12-15,28-29H,4,6-7H2,1-3H3,(H,21,22)(H,23,31)(H,24,32)(H,25,33)(H,26,34)(H,27,30)/t10-,12?,13-,14-,15-/m0/s1. The Morgan fingerprint density at radius 2 is 1.32 bits per heavy atom. The number of carbonyl (C=O) groups is 5. The van der Waals surface area contributed by atoms with Crippen LogP contribution in [0.1, 0.15) is 26.5 Å². The van der Waals surface area contributed by atoms with E-state index in [1.54, 1.807) is 13.8 Å². The molecule has 0 bridgehead atoms. The minimum absolute atomic E-state index is 0.0219. The van der Waals surface area contributed by atoms with E-state index in [1.807, 2.05) is 0 Å². The SMILES string of the molecule is CC(C)[C@@H]1NC(=O)[C@H](C)NC(=O)C(Cc2cnc[nH]2)NC(=O)[C@H](CO)NC(=O)[C@H](CO)NC1=O. The molecule has 1 saturated heterocycles. The Balaban J connectivity index is 2.39. The summed E-state index contributed by atoms with van der Waals surface area (Å²) in [5.74, 6) is -4.33. The topological polar surface area (TPSA) is 215 Å². The molecule has 0 radical (unpaired) electrons. The first kappa shape index (κ1) is 26.7. The first-order valence-electron chi connectivity index (χ1n) is 10.8. The van der Waals surface area contributed by atoms with E-state index in [4.69, 9.17) is 0 Å². The quantitative estimate of drug-likeness (QED) is 0.207. The number of nitrogens with one attached hydrogen (secondary N) is 6. The molecule has 0 aromatic carbocycles. The van der Waals surface area contributed by atoms with Crippen LogP contribution in [-0.2, 0) is 30.4 Å². The molecule has 8 N–H and O–H groups in total. The highest BCUT2D eigenvalue weighted by atomic mass is 16.3. The number of rotatable bonds is 5. The van der Waals surface area contributed by atoms with Gasteiger partial charge in [-0.1, -0.05) is 13.8 Å². The molecule has 0 spiro atoms. The lowest BCUT2D eigenvalue weighted by Gasteiger charge is -2.26. The number of aromatic amines is 1. The number of carbonyl (C=O) groups excluding carboxylic acids is 5. The van der Waals surface area contributed by atoms with Gasteiger partial charge < -0.3 is 41.8 Å². The molecule has 14 heteroatoms. The van der Waals surface area contributed by atoms with Gasteiger partial charge in [-0.25, -0.2) is 4.98 Å². The molecule has 5 amide bonds. The van der Waals surface area contributed by atoms with Crippen LogP contribution in [0.4, 0.5) is 0 Å². The maximum atomic E-state index is 12.9. The van der Waals surface area contributed by atoms with Crippen LogP contribution in [0.5, 0.6) is 0 Å². The summed E-state index contributed by atoms with van der Waals surface area (Å²) < 4.78 is 0. The highest BCUT2D eigenvalue weighted by Gasteiger charge is 2.34. The maximum absolute atomic E-state index is 12.9. The second-order valence-electron chi connectivity index (χ2n) is 8.29. The lowest BCUT2D eigenvalue weighted by molar-refractivity contribution is -0.135. The van der Waals surface area contributed by atoms with Crippen molar-refractivity contribution >= 4 is 29.5 Å². The largest absolute Gasteiger partial charge is 0.394 e. The second kappa shape index (κ2) is 12.1. The predicted molar refractivity (Wildman–Crippen MR) is 117 cm³/mol. The summed E-state index contributed by atoms with van der Waals surface area (Å²) >= 11 is 0. The van der Waals surface area contributed by atoms with Gasteiger partial charge in [-0.15, -0.1) is 0 Å². The number of amides is 5. The zero-order valence-electron chi connectivity index (χ0n) is 19.1. The van der Waals surface area contributed by atoms with Gasteiger partial charge in [-0.05, 0) is 12.8 Å². The number of aliphatic hydroxyl groups is 2. The molecule has 1 aromatic heterocycles. The summed E-state index contributed by atoms with van der Waals surface area (Å²) in [6.07, 6.45) is 2.82. The number of aliphatic hydroxyl groups excluding tert-OH is 2. The highest BCUT2D eigenvalue weighted by molar-refractivity contribution is 5.97. The van der Waals surface area contributed by atoms with Crippen molar-refractivity contribution in [3.63, 3.8) is 0 Å². The van der Waals surface area contributed by atoms with E-state index < -0.39 is 78.9 Å². The fourth-order valence-corrected chi connectivity index (χ4v) is 3.21. The van der Waals surface area contributed by atoms with Gasteiger partial charge >= 0.3 is 0 Å². The summed E-state index contributed by atoms with van der Waals surface area (Å²) in [6.45, 7) is 3.14. The first-order valence-corrected chi connectivity index (χ1v) is 10.8. The summed E-state index contributed by atoms with van der Waals surface area (Å²) in [5, 5.41) is 31.3. The lowest BCUT2D eigenvalue weighted by atomic mass is 10.0. The molecule has 5 atom stereocenters. The third kappa shape index (κ3) is 6.99. The van der Waals surface area contributed by atoms with Crippen LogP contribution in [-0.4, -0.2) is 93.1 Å². The van der Waals surface area contributed by atoms with Gasteiger partial charge in [0.2, 0.25) is 29.5 Å². The van der Waals surface area contributed by atoms with E-state index >= 15 is 0 Å². The molecule has 2 rings (SSSR count). The van der Waals surface area contributed by atoms with E-state index in [0.29, 0.717) is 5.69 Å². The Labute approximate surface area is 195 Å². The van der Waals surface area contributed by atoms with E-state index in [-0.39, 0.29) is 6.42 Å². The number of nitrogens with zero attached hydrogens (tertiary/aromatic N) is 1. The van der Waals surface area contributed by atoms with Gasteiger partial charge in [0.15, 0.2) is 0 Å². The molecule has 1 unspecified atom stereocenters. The van der Waals surface area contributed by atoms with Crippen molar-refractivity contribution in [2.24, 2.45) is 5.92 Å². The third-order valence-corrected chi connectivity index (χ3v) is 5.24. The van der Waals surface area contributed by atoms with Crippen molar-refractivity contribution in [2.75, 3.05) is 13.2 Å². The van der Waals surface area contributed by atoms with E-state index in [2.05, 4.69) is 36.6 Å². The fraction of sp³-hybridized carbons (Fsp3) is 0.600. The zero-order valence-corrected chi connectivity index (χ0v) is 19.1. The van der Waals surface area contributed by atoms with Crippen LogP contribution in [0, 0.1) is 5.92 Å². The summed E-state index contributed by atoms with van der Waals surface area (Å²) in [7, 11) is 0. The van der Waals surface area contributed by atoms with Crippen molar-refractivity contribution in [2.45, 2.75) is 57.4 Å². The van der Waals surface area contributed by atoms with Crippen LogP contribution in [0.3, 0.4) is 0 Å². The second-order valence-corrected chi connectivity index (χ2v) is 8.29. The Kier molecular flexibility index (Phi) is 9.50. The monoisotopic (exact) mass is 481 g/mol. The zero-order chi connectivity index (χ0) is 25.4. The Bertz CT molecular complexity index is 890. The minimum atomic E-state index is -1.47. The molecule has 1 aromatic rings. The van der Waals surface area contributed by atoms with Crippen LogP contribution in [0.2, 0.25) is 0 Å². The smallest absolute Gasteiger partial charge is 0.245 e. The summed E-state index contributed by atoms with van der Waals surface area (Å²) in [4.78, 5) is 70.3. The molecule has 0 aliphatic carbocycles. The van der Waals surface area contributed by atoms with Crippen LogP contribution in [0.25, 0.3) is 0 Å². The van der Waals surface area contributed by atoms with Gasteiger partial charge in [-0.2, -0.15) is 0 Å². The van der Waals surface area contributed by atoms with E-state index in [9.17, 15) is 34.2 Å². The maximum Gasteiger partial charge on any atom is 0.245 e. The molecule has 1 fully saturated rings. The molecule has 14 nitrogen and oxygen atoms in total. The van der Waals surface area contributed by atoms with Crippen LogP contribution in [0.15, 0.2) is 12.5 Å². The van der Waals surface area contributed by atoms with Gasteiger partial charge in [0.25, 0.3) is 0 Å². The molecule has 188 valence electrons. The summed E-state index contributed by atoms with van der Waals surface area (Å²) in [6, 6.07) is -6.26. The van der Waals surface area contributed by atoms with Gasteiger partial charge in [-0.3, -0.25) is 24.0 Å². The Hall–Kier alpha value is -3.52. The molecule has 0 saturated carbocycles. The predicted octanol–water partition coefficient (Wildman–Crippen LogP) is -3.95. The lowest BCUT2D eigenvalue weighted by Crippen LogP contribution is -2.60. The van der Waals surface area contributed by atoms with Crippen molar-refractivity contribution < 1.29 is 34.2 Å². The molecule has 2 heterocycles. The Morgan fingerprint density at radius 1 is 0.794 bits per heavy atom. The van der Waals surface area contributed by atoms with Crippen LogP contribution < -0.4 is 26.6 Å². The van der Waals surface area contributed by atoms with Crippen molar-refractivity contribution in [1.29, 1.82) is 0 Å². The molecule has 1 aliphatic rings. The van der Waals surface area contributed by atoms with Crippen molar-refractivity contribution in [3.8, 4) is 0 Å². The molecular formula is C20H31N7O7. The van der Waals surface area contributed by atoms with Crippen molar-refractivity contribution in [3.05, 3.63) is 18.2 Å². The van der Waals surface area contributed by atoms with Gasteiger partial charge in [0, 0.05) is 18.3 Å².